The van der Waals surface area contributed by atoms with E-state index < -0.39 is 5.91 Å². The lowest BCUT2D eigenvalue weighted by Gasteiger charge is -2.09. The number of benzene rings is 1. The van der Waals surface area contributed by atoms with Crippen LogP contribution in [0.2, 0.25) is 15.1 Å². The zero-order valence-electron chi connectivity index (χ0n) is 10.9. The largest absolute Gasteiger partial charge is 0.321 e. The first-order valence-electron chi connectivity index (χ1n) is 6.49. The van der Waals surface area contributed by atoms with E-state index in [1.807, 2.05) is 18.2 Å². The van der Waals surface area contributed by atoms with Crippen molar-refractivity contribution in [3.8, 4) is 0 Å². The van der Waals surface area contributed by atoms with Crippen molar-refractivity contribution >= 4 is 46.4 Å². The molecule has 0 radical (unpaired) electrons. The van der Waals surface area contributed by atoms with E-state index in [0.717, 1.165) is 24.9 Å². The van der Waals surface area contributed by atoms with Gasteiger partial charge in [-0.3, -0.25) is 4.79 Å². The Morgan fingerprint density at radius 2 is 1.86 bits per heavy atom. The summed E-state index contributed by atoms with van der Waals surface area (Å²) in [6, 6.07) is 5.92. The van der Waals surface area contributed by atoms with E-state index in [2.05, 4.69) is 10.3 Å². The molecule has 0 spiro atoms. The van der Waals surface area contributed by atoms with Gasteiger partial charge in [-0.15, -0.1) is 0 Å². The molecule has 1 aromatic heterocycles. The average Bonchev–Trinajstić information content (AvgIpc) is 2.92. The summed E-state index contributed by atoms with van der Waals surface area (Å²) in [5.41, 5.74) is 3.41. The molecule has 1 heterocycles. The molecule has 108 valence electrons. The standard InChI is InChI=1S/C15H11Cl3N2O/c16-11-7-19-14(13(18)12(11)17)15(21)20-10-5-4-8-2-1-3-9(8)6-10/h4-7H,1-3H2,(H,20,21). The Hall–Kier alpha value is -1.29. The summed E-state index contributed by atoms with van der Waals surface area (Å²) in [6.45, 7) is 0. The highest BCUT2D eigenvalue weighted by atomic mass is 35.5. The van der Waals surface area contributed by atoms with E-state index in [0.29, 0.717) is 0 Å². The number of carbonyl (C=O) groups excluding carboxylic acids is 1. The predicted molar refractivity (Wildman–Crippen MR) is 85.7 cm³/mol. The second kappa shape index (κ2) is 5.84. The monoisotopic (exact) mass is 340 g/mol. The Labute approximate surface area is 137 Å². The van der Waals surface area contributed by atoms with Gasteiger partial charge < -0.3 is 5.32 Å². The van der Waals surface area contributed by atoms with Gasteiger partial charge in [-0.1, -0.05) is 40.9 Å². The Kier molecular flexibility index (Phi) is 4.07. The van der Waals surface area contributed by atoms with Gasteiger partial charge >= 0.3 is 0 Å². The van der Waals surface area contributed by atoms with Crippen molar-refractivity contribution in [1.29, 1.82) is 0 Å². The molecule has 1 N–H and O–H groups in total. The smallest absolute Gasteiger partial charge is 0.275 e. The molecule has 0 saturated carbocycles. The van der Waals surface area contributed by atoms with Crippen LogP contribution in [0.15, 0.2) is 24.4 Å². The lowest BCUT2D eigenvalue weighted by molar-refractivity contribution is 0.102. The molecule has 3 nitrogen and oxygen atoms in total. The number of pyridine rings is 1. The van der Waals surface area contributed by atoms with Gasteiger partial charge in [0, 0.05) is 11.9 Å². The second-order valence-electron chi connectivity index (χ2n) is 4.87. The fourth-order valence-corrected chi connectivity index (χ4v) is 3.01. The number of amides is 1. The third kappa shape index (κ3) is 2.86. The predicted octanol–water partition coefficient (Wildman–Crippen LogP) is 4.78. The van der Waals surface area contributed by atoms with Crippen molar-refractivity contribution in [3.05, 3.63) is 56.3 Å². The number of carbonyl (C=O) groups is 1. The Bertz CT molecular complexity index is 731. The van der Waals surface area contributed by atoms with Crippen LogP contribution in [-0.2, 0) is 12.8 Å². The quantitative estimate of drug-likeness (QED) is 0.854. The summed E-state index contributed by atoms with van der Waals surface area (Å²) in [5.74, 6) is -0.406. The lowest BCUT2D eigenvalue weighted by atomic mass is 10.1. The van der Waals surface area contributed by atoms with Crippen molar-refractivity contribution in [2.45, 2.75) is 19.3 Å². The first-order valence-corrected chi connectivity index (χ1v) is 7.62. The van der Waals surface area contributed by atoms with Crippen molar-refractivity contribution in [2.24, 2.45) is 0 Å². The topological polar surface area (TPSA) is 42.0 Å². The second-order valence-corrected chi connectivity index (χ2v) is 6.04. The Morgan fingerprint density at radius 3 is 2.67 bits per heavy atom. The molecule has 0 saturated heterocycles. The molecule has 1 aliphatic carbocycles. The number of hydrogen-bond donors (Lipinski definition) is 1. The summed E-state index contributed by atoms with van der Waals surface area (Å²) in [5, 5.41) is 3.20. The van der Waals surface area contributed by atoms with Crippen LogP contribution >= 0.6 is 34.8 Å². The third-order valence-corrected chi connectivity index (χ3v) is 4.73. The number of hydrogen-bond acceptors (Lipinski definition) is 2. The molecule has 0 atom stereocenters. The van der Waals surface area contributed by atoms with E-state index in [4.69, 9.17) is 34.8 Å². The highest BCUT2D eigenvalue weighted by molar-refractivity contribution is 6.49. The molecule has 3 rings (SSSR count). The highest BCUT2D eigenvalue weighted by Crippen LogP contribution is 2.31. The van der Waals surface area contributed by atoms with Crippen LogP contribution in [0, 0.1) is 0 Å². The molecule has 2 aromatic rings. The Balaban J connectivity index is 1.85. The number of fused-ring (bicyclic) bond motifs is 1. The third-order valence-electron chi connectivity index (χ3n) is 3.49. The van der Waals surface area contributed by atoms with Gasteiger partial charge in [0.2, 0.25) is 0 Å². The molecule has 1 aromatic carbocycles. The van der Waals surface area contributed by atoms with E-state index in [9.17, 15) is 4.79 Å². The lowest BCUT2D eigenvalue weighted by Crippen LogP contribution is -2.14. The van der Waals surface area contributed by atoms with Crippen molar-refractivity contribution < 1.29 is 4.79 Å². The molecule has 0 bridgehead atoms. The number of nitrogens with zero attached hydrogens (tertiary/aromatic N) is 1. The maximum atomic E-state index is 12.2. The van der Waals surface area contributed by atoms with E-state index >= 15 is 0 Å². The average molecular weight is 342 g/mol. The first-order chi connectivity index (χ1) is 10.1. The number of nitrogens with one attached hydrogen (secondary N) is 1. The summed E-state index contributed by atoms with van der Waals surface area (Å²) in [7, 11) is 0. The maximum absolute atomic E-state index is 12.2. The van der Waals surface area contributed by atoms with Gasteiger partial charge in [0.1, 0.15) is 5.69 Å². The van der Waals surface area contributed by atoms with Crippen molar-refractivity contribution in [2.75, 3.05) is 5.32 Å². The van der Waals surface area contributed by atoms with Gasteiger partial charge in [0.05, 0.1) is 15.1 Å². The zero-order chi connectivity index (χ0) is 15.0. The minimum Gasteiger partial charge on any atom is -0.321 e. The van der Waals surface area contributed by atoms with Crippen molar-refractivity contribution in [3.63, 3.8) is 0 Å². The fraction of sp³-hybridized carbons (Fsp3) is 0.200. The van der Waals surface area contributed by atoms with Gasteiger partial charge in [0.25, 0.3) is 5.91 Å². The molecule has 1 aliphatic rings. The number of halogens is 3. The van der Waals surface area contributed by atoms with Crippen LogP contribution in [0.3, 0.4) is 0 Å². The van der Waals surface area contributed by atoms with Gasteiger partial charge in [-0.25, -0.2) is 4.98 Å². The SMILES string of the molecule is O=C(Nc1ccc2c(c1)CCC2)c1ncc(Cl)c(Cl)c1Cl. The van der Waals surface area contributed by atoms with Gasteiger partial charge in [-0.2, -0.15) is 0 Å². The minimum absolute atomic E-state index is 0.0582. The van der Waals surface area contributed by atoms with Gasteiger partial charge in [-0.05, 0) is 42.5 Å². The van der Waals surface area contributed by atoms with E-state index in [1.165, 1.54) is 17.3 Å². The van der Waals surface area contributed by atoms with Crippen LogP contribution < -0.4 is 5.32 Å². The normalized spacial score (nSPS) is 13.1. The van der Waals surface area contributed by atoms with Crippen LogP contribution in [0.1, 0.15) is 28.0 Å². The molecule has 0 unspecified atom stereocenters. The highest BCUT2D eigenvalue weighted by Gasteiger charge is 2.18. The summed E-state index contributed by atoms with van der Waals surface area (Å²) < 4.78 is 0. The minimum atomic E-state index is -0.406. The number of aromatic nitrogens is 1. The van der Waals surface area contributed by atoms with E-state index in [1.54, 1.807) is 0 Å². The maximum Gasteiger partial charge on any atom is 0.275 e. The molecule has 0 aliphatic heterocycles. The van der Waals surface area contributed by atoms with E-state index in [-0.39, 0.29) is 20.8 Å². The van der Waals surface area contributed by atoms with Crippen LogP contribution in [0.25, 0.3) is 0 Å². The number of anilines is 1. The van der Waals surface area contributed by atoms with Crippen LogP contribution in [-0.4, -0.2) is 10.9 Å². The summed E-state index contributed by atoms with van der Waals surface area (Å²) >= 11 is 17.7. The fourth-order valence-electron chi connectivity index (χ4n) is 2.44. The molecule has 6 heteroatoms. The van der Waals surface area contributed by atoms with Crippen LogP contribution in [0.5, 0.6) is 0 Å². The number of aryl methyl sites for hydroxylation is 2. The Morgan fingerprint density at radius 1 is 1.10 bits per heavy atom. The molecule has 0 fully saturated rings. The zero-order valence-corrected chi connectivity index (χ0v) is 13.2. The van der Waals surface area contributed by atoms with Crippen molar-refractivity contribution in [1.82, 2.24) is 4.98 Å². The summed E-state index contributed by atoms with van der Waals surface area (Å²) in [4.78, 5) is 16.2. The first kappa shape index (κ1) is 14.6. The molecular weight excluding hydrogens is 331 g/mol. The molecule has 21 heavy (non-hydrogen) atoms. The molecule has 1 amide bonds. The van der Waals surface area contributed by atoms with Gasteiger partial charge in [0.15, 0.2) is 0 Å². The summed E-state index contributed by atoms with van der Waals surface area (Å²) in [6.07, 6.45) is 4.62. The van der Waals surface area contributed by atoms with Crippen LogP contribution in [0.4, 0.5) is 5.69 Å². The molecular formula is C15H11Cl3N2O. The number of rotatable bonds is 2.